The molecule has 0 aromatic heterocycles. The standard InChI is InChI=1S/C26H46O5Si/c1-26(2,3)32(4,5)31-25-17-8-6-7-13-23(27)15-11-19-29-21-22-30-20-12-16-24(28)14-9-10-18-25/h7,9,13-14,25H,6,8,10-12,15-22H2,1-5H3. The van der Waals surface area contributed by atoms with E-state index in [2.05, 4.69) is 33.9 Å². The molecule has 0 aromatic carbocycles. The van der Waals surface area contributed by atoms with Crippen molar-refractivity contribution in [2.75, 3.05) is 26.4 Å². The average molecular weight is 467 g/mol. The maximum absolute atomic E-state index is 12.1. The van der Waals surface area contributed by atoms with Crippen LogP contribution in [-0.4, -0.2) is 52.4 Å². The van der Waals surface area contributed by atoms with Crippen LogP contribution in [0.1, 0.15) is 78.6 Å². The molecule has 6 heteroatoms. The van der Waals surface area contributed by atoms with Gasteiger partial charge in [-0.15, -0.1) is 0 Å². The van der Waals surface area contributed by atoms with Crippen LogP contribution in [0.4, 0.5) is 0 Å². The van der Waals surface area contributed by atoms with Gasteiger partial charge in [-0.3, -0.25) is 9.59 Å². The lowest BCUT2D eigenvalue weighted by atomic mass is 10.1. The molecule has 0 bridgehead atoms. The first-order chi connectivity index (χ1) is 15.1. The summed E-state index contributed by atoms with van der Waals surface area (Å²) in [4.78, 5) is 24.1. The van der Waals surface area contributed by atoms with Crippen LogP contribution in [0, 0.1) is 0 Å². The molecule has 1 aliphatic rings. The SMILES string of the molecule is CC(C)(C)[Si](C)(C)OC1CCC=CC(=O)CCCOCCOCCCC(=O)C=CCCC1. The Morgan fingerprint density at radius 3 is 1.88 bits per heavy atom. The van der Waals surface area contributed by atoms with Gasteiger partial charge in [0.25, 0.3) is 0 Å². The number of ether oxygens (including phenoxy) is 2. The fraction of sp³-hybridized carbons (Fsp3) is 0.769. The molecular formula is C26H46O5Si. The van der Waals surface area contributed by atoms with Crippen LogP contribution in [0.5, 0.6) is 0 Å². The second kappa shape index (κ2) is 15.7. The number of carbonyl (C=O) groups excluding carboxylic acids is 2. The number of carbonyl (C=O) groups is 2. The van der Waals surface area contributed by atoms with Crippen LogP contribution in [0.25, 0.3) is 0 Å². The smallest absolute Gasteiger partial charge is 0.192 e. The van der Waals surface area contributed by atoms with E-state index in [1.54, 1.807) is 12.2 Å². The first-order valence-corrected chi connectivity index (χ1v) is 15.2. The minimum Gasteiger partial charge on any atom is -0.414 e. The molecule has 0 N–H and O–H groups in total. The first-order valence-electron chi connectivity index (χ1n) is 12.3. The molecule has 1 rings (SSSR count). The Bertz CT molecular complexity index is 604. The Morgan fingerprint density at radius 2 is 1.34 bits per heavy atom. The molecular weight excluding hydrogens is 420 g/mol. The topological polar surface area (TPSA) is 61.8 Å². The van der Waals surface area contributed by atoms with Gasteiger partial charge in [0.15, 0.2) is 19.9 Å². The molecule has 0 saturated carbocycles. The molecule has 0 aromatic rings. The lowest BCUT2D eigenvalue weighted by Gasteiger charge is -2.39. The van der Waals surface area contributed by atoms with E-state index >= 15 is 0 Å². The summed E-state index contributed by atoms with van der Waals surface area (Å²) in [6.45, 7) is 13.5. The number of allylic oxidation sites excluding steroid dienone is 4. The van der Waals surface area contributed by atoms with E-state index in [9.17, 15) is 9.59 Å². The van der Waals surface area contributed by atoms with Gasteiger partial charge in [-0.05, 0) is 75.2 Å². The van der Waals surface area contributed by atoms with E-state index in [0.29, 0.717) is 39.3 Å². The van der Waals surface area contributed by atoms with E-state index in [-0.39, 0.29) is 22.7 Å². The van der Waals surface area contributed by atoms with Crippen molar-refractivity contribution < 1.29 is 23.5 Å². The highest BCUT2D eigenvalue weighted by Gasteiger charge is 2.38. The second-order valence-corrected chi connectivity index (χ2v) is 14.9. The quantitative estimate of drug-likeness (QED) is 0.454. The molecule has 184 valence electrons. The summed E-state index contributed by atoms with van der Waals surface area (Å²) in [7, 11) is -1.86. The van der Waals surface area contributed by atoms with Gasteiger partial charge in [-0.2, -0.15) is 0 Å². The number of hydrogen-bond donors (Lipinski definition) is 0. The van der Waals surface area contributed by atoms with Gasteiger partial charge in [0.2, 0.25) is 0 Å². The molecule has 0 fully saturated rings. The van der Waals surface area contributed by atoms with E-state index in [4.69, 9.17) is 13.9 Å². The minimum atomic E-state index is -1.86. The third-order valence-corrected chi connectivity index (χ3v) is 10.8. The predicted molar refractivity (Wildman–Crippen MR) is 134 cm³/mol. The normalized spacial score (nSPS) is 22.8. The molecule has 0 aliphatic carbocycles. The number of rotatable bonds is 2. The van der Waals surface area contributed by atoms with E-state index in [1.165, 1.54) is 0 Å². The fourth-order valence-electron chi connectivity index (χ4n) is 3.22. The van der Waals surface area contributed by atoms with Crippen LogP contribution in [0.15, 0.2) is 24.3 Å². The van der Waals surface area contributed by atoms with Gasteiger partial charge in [0.1, 0.15) is 0 Å². The minimum absolute atomic E-state index is 0.156. The van der Waals surface area contributed by atoms with Gasteiger partial charge >= 0.3 is 0 Å². The Labute approximate surface area is 197 Å². The van der Waals surface area contributed by atoms with Crippen LogP contribution in [0.2, 0.25) is 18.1 Å². The van der Waals surface area contributed by atoms with E-state index < -0.39 is 8.32 Å². The van der Waals surface area contributed by atoms with Crippen molar-refractivity contribution in [1.29, 1.82) is 0 Å². The molecule has 0 radical (unpaired) electrons. The molecule has 1 heterocycles. The van der Waals surface area contributed by atoms with Crippen molar-refractivity contribution in [1.82, 2.24) is 0 Å². The van der Waals surface area contributed by atoms with Crippen LogP contribution >= 0.6 is 0 Å². The summed E-state index contributed by atoms with van der Waals surface area (Å²) >= 11 is 0. The molecule has 0 amide bonds. The van der Waals surface area contributed by atoms with Gasteiger partial charge in [-0.25, -0.2) is 0 Å². The van der Waals surface area contributed by atoms with Gasteiger partial charge < -0.3 is 13.9 Å². The summed E-state index contributed by atoms with van der Waals surface area (Å²) in [5.41, 5.74) is 0. The zero-order valence-corrected chi connectivity index (χ0v) is 22.1. The molecule has 0 spiro atoms. The average Bonchev–Trinajstić information content (AvgIpc) is 2.70. The zero-order valence-electron chi connectivity index (χ0n) is 21.1. The third kappa shape index (κ3) is 13.5. The summed E-state index contributed by atoms with van der Waals surface area (Å²) in [6, 6.07) is 0. The number of hydrogen-bond acceptors (Lipinski definition) is 5. The van der Waals surface area contributed by atoms with Gasteiger partial charge in [-0.1, -0.05) is 32.9 Å². The second-order valence-electron chi connectivity index (χ2n) is 10.2. The molecule has 0 saturated heterocycles. The summed E-state index contributed by atoms with van der Waals surface area (Å²) < 4.78 is 17.7. The van der Waals surface area contributed by atoms with Crippen molar-refractivity contribution >= 4 is 19.9 Å². The first kappa shape index (κ1) is 28.9. The van der Waals surface area contributed by atoms with E-state index in [0.717, 1.165) is 44.9 Å². The van der Waals surface area contributed by atoms with Crippen molar-refractivity contribution in [2.45, 2.75) is 103 Å². The fourth-order valence-corrected chi connectivity index (χ4v) is 4.64. The molecule has 1 aliphatic heterocycles. The van der Waals surface area contributed by atoms with Crippen LogP contribution < -0.4 is 0 Å². The Hall–Kier alpha value is -1.08. The highest BCUT2D eigenvalue weighted by molar-refractivity contribution is 6.74. The third-order valence-electron chi connectivity index (χ3n) is 6.22. The van der Waals surface area contributed by atoms with Crippen molar-refractivity contribution in [3.63, 3.8) is 0 Å². The largest absolute Gasteiger partial charge is 0.414 e. The molecule has 1 atom stereocenters. The number of ketones is 2. The monoisotopic (exact) mass is 466 g/mol. The van der Waals surface area contributed by atoms with Crippen molar-refractivity contribution in [3.05, 3.63) is 24.3 Å². The maximum Gasteiger partial charge on any atom is 0.192 e. The highest BCUT2D eigenvalue weighted by Crippen LogP contribution is 2.38. The summed E-state index contributed by atoms with van der Waals surface area (Å²) in [6.07, 6.45) is 14.7. The van der Waals surface area contributed by atoms with E-state index in [1.807, 2.05) is 12.2 Å². The summed E-state index contributed by atoms with van der Waals surface area (Å²) in [5.74, 6) is 0.319. The van der Waals surface area contributed by atoms with Gasteiger partial charge in [0, 0.05) is 32.2 Å². The van der Waals surface area contributed by atoms with Crippen LogP contribution in [0.3, 0.4) is 0 Å². The molecule has 1 unspecified atom stereocenters. The Morgan fingerprint density at radius 1 is 0.812 bits per heavy atom. The molecule has 5 nitrogen and oxygen atoms in total. The van der Waals surface area contributed by atoms with Crippen LogP contribution in [-0.2, 0) is 23.5 Å². The Kier molecular flexibility index (Phi) is 14.2. The van der Waals surface area contributed by atoms with Crippen molar-refractivity contribution in [2.24, 2.45) is 0 Å². The van der Waals surface area contributed by atoms with Crippen molar-refractivity contribution in [3.8, 4) is 0 Å². The Balaban J connectivity index is 2.68. The predicted octanol–water partition coefficient (Wildman–Crippen LogP) is 6.19. The maximum atomic E-state index is 12.1. The molecule has 32 heavy (non-hydrogen) atoms. The lowest BCUT2D eigenvalue weighted by Crippen LogP contribution is -2.43. The summed E-state index contributed by atoms with van der Waals surface area (Å²) in [5, 5.41) is 0.164. The highest BCUT2D eigenvalue weighted by atomic mass is 28.4. The lowest BCUT2D eigenvalue weighted by molar-refractivity contribution is -0.115. The zero-order chi connectivity index (χ0) is 23.9. The van der Waals surface area contributed by atoms with Gasteiger partial charge in [0.05, 0.1) is 13.2 Å².